The predicted octanol–water partition coefficient (Wildman–Crippen LogP) is 2.52. The summed E-state index contributed by atoms with van der Waals surface area (Å²) < 4.78 is 0. The molecule has 0 fully saturated rings. The third-order valence-corrected chi connectivity index (χ3v) is 1.48. The monoisotopic (exact) mass is 167 g/mol. The molecule has 0 aromatic carbocycles. The molecule has 0 radical (unpaired) electrons. The average Bonchev–Trinajstić information content (AvgIpc) is 2.08. The smallest absolute Gasteiger partial charge is 0.184 e. The molecule has 1 heterocycles. The quantitative estimate of drug-likeness (QED) is 0.685. The molecule has 2 heteroatoms. The standard InChI is InChI=1S/C8H11NO.C2H6/c1-6(2)7-5-9-4-3-8(7)10;1-2/h3-6H,1-2H3,(H,9,10);1-2H3. The Kier molecular flexibility index (Phi) is 5.09. The lowest BCUT2D eigenvalue weighted by Crippen LogP contribution is -2.08. The molecular weight excluding hydrogens is 150 g/mol. The maximum atomic E-state index is 11.0. The van der Waals surface area contributed by atoms with Crippen molar-refractivity contribution in [2.75, 3.05) is 0 Å². The number of aromatic amines is 1. The van der Waals surface area contributed by atoms with E-state index < -0.39 is 0 Å². The number of aromatic nitrogens is 1. The molecule has 0 saturated heterocycles. The largest absolute Gasteiger partial charge is 0.367 e. The number of hydrogen-bond donors (Lipinski definition) is 1. The topological polar surface area (TPSA) is 32.9 Å². The molecule has 1 aromatic rings. The van der Waals surface area contributed by atoms with Gasteiger partial charge in [-0.2, -0.15) is 0 Å². The van der Waals surface area contributed by atoms with Crippen LogP contribution in [-0.4, -0.2) is 4.98 Å². The molecule has 0 bridgehead atoms. The summed E-state index contributed by atoms with van der Waals surface area (Å²) in [6.07, 6.45) is 3.40. The van der Waals surface area contributed by atoms with Crippen LogP contribution in [-0.2, 0) is 0 Å². The van der Waals surface area contributed by atoms with Gasteiger partial charge < -0.3 is 4.98 Å². The molecule has 0 spiro atoms. The Morgan fingerprint density at radius 3 is 2.25 bits per heavy atom. The van der Waals surface area contributed by atoms with Crippen molar-refractivity contribution < 1.29 is 0 Å². The zero-order valence-corrected chi connectivity index (χ0v) is 8.22. The van der Waals surface area contributed by atoms with E-state index in [9.17, 15) is 4.79 Å². The molecule has 0 atom stereocenters. The molecule has 0 aliphatic carbocycles. The molecule has 0 saturated carbocycles. The van der Waals surface area contributed by atoms with Crippen LogP contribution in [0.5, 0.6) is 0 Å². The lowest BCUT2D eigenvalue weighted by Gasteiger charge is -2.00. The van der Waals surface area contributed by atoms with Crippen LogP contribution in [0.15, 0.2) is 23.3 Å². The fraction of sp³-hybridized carbons (Fsp3) is 0.500. The molecule has 1 N–H and O–H groups in total. The van der Waals surface area contributed by atoms with Crippen LogP contribution in [0, 0.1) is 0 Å². The first-order chi connectivity index (χ1) is 5.72. The second kappa shape index (κ2) is 5.58. The van der Waals surface area contributed by atoms with Crippen molar-refractivity contribution in [3.63, 3.8) is 0 Å². The van der Waals surface area contributed by atoms with Crippen LogP contribution in [0.1, 0.15) is 39.2 Å². The summed E-state index contributed by atoms with van der Waals surface area (Å²) in [5.74, 6) is 0.310. The second-order valence-corrected chi connectivity index (χ2v) is 2.62. The van der Waals surface area contributed by atoms with Crippen molar-refractivity contribution in [1.29, 1.82) is 0 Å². The van der Waals surface area contributed by atoms with E-state index in [1.165, 1.54) is 0 Å². The van der Waals surface area contributed by atoms with Gasteiger partial charge in [0.25, 0.3) is 0 Å². The Labute approximate surface area is 73.6 Å². The third-order valence-electron chi connectivity index (χ3n) is 1.48. The van der Waals surface area contributed by atoms with E-state index in [-0.39, 0.29) is 5.43 Å². The first kappa shape index (κ1) is 11.0. The summed E-state index contributed by atoms with van der Waals surface area (Å²) in [4.78, 5) is 13.9. The highest BCUT2D eigenvalue weighted by atomic mass is 16.1. The maximum absolute atomic E-state index is 11.0. The molecule has 0 unspecified atom stereocenters. The zero-order chi connectivity index (χ0) is 9.56. The van der Waals surface area contributed by atoms with Gasteiger partial charge in [0.1, 0.15) is 0 Å². The number of rotatable bonds is 1. The Morgan fingerprint density at radius 1 is 1.33 bits per heavy atom. The van der Waals surface area contributed by atoms with Crippen molar-refractivity contribution in [2.45, 2.75) is 33.6 Å². The molecule has 0 amide bonds. The summed E-state index contributed by atoms with van der Waals surface area (Å²) in [6, 6.07) is 1.55. The normalized spacial score (nSPS) is 9.08. The first-order valence-corrected chi connectivity index (χ1v) is 4.39. The second-order valence-electron chi connectivity index (χ2n) is 2.62. The van der Waals surface area contributed by atoms with Gasteiger partial charge in [0.2, 0.25) is 0 Å². The molecule has 1 rings (SSSR count). The van der Waals surface area contributed by atoms with Gasteiger partial charge in [0.05, 0.1) is 0 Å². The van der Waals surface area contributed by atoms with Crippen LogP contribution in [0.3, 0.4) is 0 Å². The molecule has 0 aliphatic heterocycles. The van der Waals surface area contributed by atoms with E-state index in [2.05, 4.69) is 4.98 Å². The van der Waals surface area contributed by atoms with E-state index in [1.807, 2.05) is 27.7 Å². The van der Waals surface area contributed by atoms with Gasteiger partial charge in [-0.05, 0) is 5.92 Å². The lowest BCUT2D eigenvalue weighted by molar-refractivity contribution is 0.848. The summed E-state index contributed by atoms with van der Waals surface area (Å²) in [6.45, 7) is 8.01. The van der Waals surface area contributed by atoms with E-state index in [0.29, 0.717) is 5.92 Å². The number of pyridine rings is 1. The molecule has 2 nitrogen and oxygen atoms in total. The highest BCUT2D eigenvalue weighted by Gasteiger charge is 2.00. The number of H-pyrrole nitrogens is 1. The van der Waals surface area contributed by atoms with Crippen LogP contribution >= 0.6 is 0 Å². The van der Waals surface area contributed by atoms with Crippen molar-refractivity contribution >= 4 is 0 Å². The fourth-order valence-electron chi connectivity index (χ4n) is 0.880. The number of nitrogens with one attached hydrogen (secondary N) is 1. The third kappa shape index (κ3) is 2.91. The van der Waals surface area contributed by atoms with Gasteiger partial charge in [-0.1, -0.05) is 27.7 Å². The van der Waals surface area contributed by atoms with Crippen LogP contribution in [0.25, 0.3) is 0 Å². The van der Waals surface area contributed by atoms with Crippen molar-refractivity contribution in [3.05, 3.63) is 34.2 Å². The van der Waals surface area contributed by atoms with E-state index in [4.69, 9.17) is 0 Å². The molecule has 68 valence electrons. The molecular formula is C10H17NO. The summed E-state index contributed by atoms with van der Waals surface area (Å²) in [5, 5.41) is 0. The first-order valence-electron chi connectivity index (χ1n) is 4.39. The Morgan fingerprint density at radius 2 is 1.92 bits per heavy atom. The minimum atomic E-state index is 0.119. The Hall–Kier alpha value is -1.05. The summed E-state index contributed by atoms with van der Waals surface area (Å²) >= 11 is 0. The van der Waals surface area contributed by atoms with Gasteiger partial charge in [0.15, 0.2) is 5.43 Å². The molecule has 1 aromatic heterocycles. The van der Waals surface area contributed by atoms with Crippen molar-refractivity contribution in [1.82, 2.24) is 4.98 Å². The molecule has 0 aliphatic rings. The van der Waals surface area contributed by atoms with E-state index in [1.54, 1.807) is 18.5 Å². The van der Waals surface area contributed by atoms with Gasteiger partial charge in [0, 0.05) is 24.0 Å². The Balaban J connectivity index is 0.000000561. The highest BCUT2D eigenvalue weighted by Crippen LogP contribution is 2.05. The number of hydrogen-bond acceptors (Lipinski definition) is 1. The minimum absolute atomic E-state index is 0.119. The Bertz CT molecular complexity index is 263. The van der Waals surface area contributed by atoms with Gasteiger partial charge >= 0.3 is 0 Å². The zero-order valence-electron chi connectivity index (χ0n) is 8.22. The average molecular weight is 167 g/mol. The molecule has 12 heavy (non-hydrogen) atoms. The maximum Gasteiger partial charge on any atom is 0.184 e. The highest BCUT2D eigenvalue weighted by molar-refractivity contribution is 5.12. The van der Waals surface area contributed by atoms with Gasteiger partial charge in [-0.3, -0.25) is 4.79 Å². The lowest BCUT2D eigenvalue weighted by atomic mass is 10.1. The predicted molar refractivity (Wildman–Crippen MR) is 52.5 cm³/mol. The summed E-state index contributed by atoms with van der Waals surface area (Å²) in [7, 11) is 0. The SMILES string of the molecule is CC.CC(C)c1c[nH]ccc1=O. The minimum Gasteiger partial charge on any atom is -0.367 e. The van der Waals surface area contributed by atoms with Crippen LogP contribution in [0.4, 0.5) is 0 Å². The van der Waals surface area contributed by atoms with E-state index in [0.717, 1.165) is 5.56 Å². The fourth-order valence-corrected chi connectivity index (χ4v) is 0.880. The summed E-state index contributed by atoms with van der Waals surface area (Å²) in [5.41, 5.74) is 0.969. The van der Waals surface area contributed by atoms with Crippen molar-refractivity contribution in [3.8, 4) is 0 Å². The van der Waals surface area contributed by atoms with Crippen LogP contribution < -0.4 is 5.43 Å². The van der Waals surface area contributed by atoms with E-state index >= 15 is 0 Å². The van der Waals surface area contributed by atoms with Crippen molar-refractivity contribution in [2.24, 2.45) is 0 Å². The van der Waals surface area contributed by atoms with Gasteiger partial charge in [-0.15, -0.1) is 0 Å². The van der Waals surface area contributed by atoms with Crippen LogP contribution in [0.2, 0.25) is 0 Å². The van der Waals surface area contributed by atoms with Gasteiger partial charge in [-0.25, -0.2) is 0 Å².